The maximum Gasteiger partial charge on any atom is 0.418 e. The highest BCUT2D eigenvalue weighted by Crippen LogP contribution is 2.38. The number of hydrogen-bond acceptors (Lipinski definition) is 3. The fraction of sp³-hybridized carbons (Fsp3) is 0.438. The fourth-order valence-corrected chi connectivity index (χ4v) is 3.26. The SMILES string of the molecule is C[C@@H]1C[C@H](N)CN(c2ccc(C(F)(F)F)c3ncccc23)C1.Cl. The van der Waals surface area contributed by atoms with E-state index in [0.29, 0.717) is 17.8 Å². The molecule has 0 amide bonds. The summed E-state index contributed by atoms with van der Waals surface area (Å²) in [6, 6.07) is 6.06. The van der Waals surface area contributed by atoms with Gasteiger partial charge in [0.25, 0.3) is 0 Å². The highest BCUT2D eigenvalue weighted by atomic mass is 35.5. The number of rotatable bonds is 1. The van der Waals surface area contributed by atoms with Crippen LogP contribution in [0.3, 0.4) is 0 Å². The average Bonchev–Trinajstić information content (AvgIpc) is 2.44. The number of aromatic nitrogens is 1. The number of nitrogens with two attached hydrogens (primary N) is 1. The van der Waals surface area contributed by atoms with Crippen LogP contribution < -0.4 is 10.6 Å². The zero-order valence-electron chi connectivity index (χ0n) is 12.7. The minimum Gasteiger partial charge on any atom is -0.369 e. The second-order valence-electron chi connectivity index (χ2n) is 6.04. The summed E-state index contributed by atoms with van der Waals surface area (Å²) in [7, 11) is 0. The molecule has 2 atom stereocenters. The number of piperidine rings is 1. The first-order valence-electron chi connectivity index (χ1n) is 7.31. The van der Waals surface area contributed by atoms with Crippen molar-refractivity contribution in [3.63, 3.8) is 0 Å². The van der Waals surface area contributed by atoms with E-state index in [2.05, 4.69) is 16.8 Å². The maximum absolute atomic E-state index is 13.1. The molecule has 2 heterocycles. The third kappa shape index (κ3) is 3.53. The molecule has 3 rings (SSSR count). The number of alkyl halides is 3. The Morgan fingerprint density at radius 2 is 1.96 bits per heavy atom. The molecule has 0 unspecified atom stereocenters. The summed E-state index contributed by atoms with van der Waals surface area (Å²) in [5, 5.41) is 0.527. The first kappa shape index (κ1) is 17.8. The zero-order chi connectivity index (χ0) is 15.9. The van der Waals surface area contributed by atoms with Crippen LogP contribution in [0, 0.1) is 5.92 Å². The van der Waals surface area contributed by atoms with Crippen LogP contribution >= 0.6 is 12.4 Å². The van der Waals surface area contributed by atoms with E-state index in [4.69, 9.17) is 5.73 Å². The Bertz CT molecular complexity index is 680. The summed E-state index contributed by atoms with van der Waals surface area (Å²) in [4.78, 5) is 6.04. The van der Waals surface area contributed by atoms with Crippen LogP contribution in [0.4, 0.5) is 18.9 Å². The van der Waals surface area contributed by atoms with Crippen molar-refractivity contribution in [1.29, 1.82) is 0 Å². The van der Waals surface area contributed by atoms with Gasteiger partial charge in [0.2, 0.25) is 0 Å². The smallest absolute Gasteiger partial charge is 0.369 e. The molecule has 0 aliphatic carbocycles. The van der Waals surface area contributed by atoms with Crippen molar-refractivity contribution < 1.29 is 13.2 Å². The lowest BCUT2D eigenvalue weighted by Gasteiger charge is -2.37. The Labute approximate surface area is 139 Å². The van der Waals surface area contributed by atoms with Crippen LogP contribution in [0.15, 0.2) is 30.5 Å². The van der Waals surface area contributed by atoms with Gasteiger partial charge in [-0.15, -0.1) is 12.4 Å². The Kier molecular flexibility index (Phi) is 5.06. The van der Waals surface area contributed by atoms with Crippen molar-refractivity contribution in [3.8, 4) is 0 Å². The summed E-state index contributed by atoms with van der Waals surface area (Å²) in [5.41, 5.74) is 6.14. The van der Waals surface area contributed by atoms with Crippen molar-refractivity contribution in [2.24, 2.45) is 11.7 Å². The third-order valence-corrected chi connectivity index (χ3v) is 4.08. The summed E-state index contributed by atoms with van der Waals surface area (Å²) in [6.07, 6.45) is -2.07. The van der Waals surface area contributed by atoms with Crippen molar-refractivity contribution in [2.75, 3.05) is 18.0 Å². The van der Waals surface area contributed by atoms with Gasteiger partial charge >= 0.3 is 6.18 Å². The van der Waals surface area contributed by atoms with Gasteiger partial charge in [-0.05, 0) is 36.6 Å². The Morgan fingerprint density at radius 1 is 1.22 bits per heavy atom. The molecule has 0 saturated carbocycles. The molecule has 126 valence electrons. The molecule has 2 N–H and O–H groups in total. The van der Waals surface area contributed by atoms with Gasteiger partial charge < -0.3 is 10.6 Å². The second-order valence-corrected chi connectivity index (χ2v) is 6.04. The number of hydrogen-bond donors (Lipinski definition) is 1. The van der Waals surface area contributed by atoms with E-state index >= 15 is 0 Å². The number of anilines is 1. The summed E-state index contributed by atoms with van der Waals surface area (Å²) < 4.78 is 39.4. The van der Waals surface area contributed by atoms with Gasteiger partial charge in [0.05, 0.1) is 11.1 Å². The average molecular weight is 346 g/mol. The molecule has 0 spiro atoms. The molecule has 23 heavy (non-hydrogen) atoms. The van der Waals surface area contributed by atoms with Crippen LogP contribution in [0.25, 0.3) is 10.9 Å². The van der Waals surface area contributed by atoms with Crippen molar-refractivity contribution in [2.45, 2.75) is 25.6 Å². The standard InChI is InChI=1S/C16H18F3N3.ClH/c1-10-7-11(20)9-22(8-10)14-5-4-13(16(17,18)19)15-12(14)3-2-6-21-15;/h2-6,10-11H,7-9,20H2,1H3;1H/t10-,11+;/m1./s1. The van der Waals surface area contributed by atoms with Gasteiger partial charge in [-0.2, -0.15) is 13.2 Å². The fourth-order valence-electron chi connectivity index (χ4n) is 3.26. The lowest BCUT2D eigenvalue weighted by molar-refractivity contribution is -0.136. The first-order valence-corrected chi connectivity index (χ1v) is 7.31. The molecule has 1 aliphatic rings. The normalized spacial score (nSPS) is 22.0. The number of nitrogens with zero attached hydrogens (tertiary/aromatic N) is 2. The van der Waals surface area contributed by atoms with E-state index in [-0.39, 0.29) is 24.0 Å². The second kappa shape index (κ2) is 6.53. The van der Waals surface area contributed by atoms with E-state index in [1.54, 1.807) is 12.1 Å². The van der Waals surface area contributed by atoms with Gasteiger partial charge in [-0.25, -0.2) is 0 Å². The summed E-state index contributed by atoms with van der Waals surface area (Å²) in [5.74, 6) is 0.415. The van der Waals surface area contributed by atoms with Crippen LogP contribution in [0.1, 0.15) is 18.9 Å². The molecule has 0 bridgehead atoms. The minimum atomic E-state index is -4.41. The van der Waals surface area contributed by atoms with E-state index in [0.717, 1.165) is 24.7 Å². The Balaban J connectivity index is 0.00000192. The molecular formula is C16H19ClF3N3. The van der Waals surface area contributed by atoms with Gasteiger partial charge in [0.1, 0.15) is 0 Å². The molecule has 3 nitrogen and oxygen atoms in total. The molecule has 0 radical (unpaired) electrons. The molecule has 1 aromatic heterocycles. The van der Waals surface area contributed by atoms with Crippen molar-refractivity contribution in [3.05, 3.63) is 36.0 Å². The van der Waals surface area contributed by atoms with Crippen molar-refractivity contribution in [1.82, 2.24) is 4.98 Å². The van der Waals surface area contributed by atoms with Gasteiger partial charge in [-0.3, -0.25) is 4.98 Å². The summed E-state index contributed by atoms with van der Waals surface area (Å²) >= 11 is 0. The van der Waals surface area contributed by atoms with E-state index in [9.17, 15) is 13.2 Å². The molecule has 1 fully saturated rings. The minimum absolute atomic E-state index is 0. The van der Waals surface area contributed by atoms with E-state index in [1.807, 2.05) is 0 Å². The number of fused-ring (bicyclic) bond motifs is 1. The first-order chi connectivity index (χ1) is 10.4. The number of benzene rings is 1. The van der Waals surface area contributed by atoms with Gasteiger partial charge in [0.15, 0.2) is 0 Å². The Hall–Kier alpha value is -1.53. The maximum atomic E-state index is 13.1. The predicted molar refractivity (Wildman–Crippen MR) is 88.0 cm³/mol. The van der Waals surface area contributed by atoms with Crippen LogP contribution in [-0.4, -0.2) is 24.1 Å². The quantitative estimate of drug-likeness (QED) is 0.853. The number of halogens is 4. The third-order valence-electron chi connectivity index (χ3n) is 4.08. The molecule has 2 aromatic rings. The monoisotopic (exact) mass is 345 g/mol. The summed E-state index contributed by atoms with van der Waals surface area (Å²) in [6.45, 7) is 3.55. The highest BCUT2D eigenvalue weighted by Gasteiger charge is 2.34. The highest BCUT2D eigenvalue weighted by molar-refractivity contribution is 5.94. The van der Waals surface area contributed by atoms with E-state index in [1.165, 1.54) is 12.3 Å². The molecular weight excluding hydrogens is 327 g/mol. The molecule has 1 saturated heterocycles. The topological polar surface area (TPSA) is 42.1 Å². The van der Waals surface area contributed by atoms with Crippen LogP contribution in [0.2, 0.25) is 0 Å². The van der Waals surface area contributed by atoms with E-state index < -0.39 is 11.7 Å². The van der Waals surface area contributed by atoms with Gasteiger partial charge in [0, 0.05) is 36.4 Å². The molecule has 7 heteroatoms. The zero-order valence-corrected chi connectivity index (χ0v) is 13.5. The number of pyridine rings is 1. The van der Waals surface area contributed by atoms with Crippen LogP contribution in [0.5, 0.6) is 0 Å². The van der Waals surface area contributed by atoms with Gasteiger partial charge in [-0.1, -0.05) is 6.92 Å². The van der Waals surface area contributed by atoms with Crippen molar-refractivity contribution >= 4 is 29.0 Å². The Morgan fingerprint density at radius 3 is 2.61 bits per heavy atom. The molecule has 1 aromatic carbocycles. The lowest BCUT2D eigenvalue weighted by Crippen LogP contribution is -2.46. The lowest BCUT2D eigenvalue weighted by atomic mass is 9.95. The van der Waals surface area contributed by atoms with Crippen LogP contribution in [-0.2, 0) is 6.18 Å². The molecule has 1 aliphatic heterocycles. The largest absolute Gasteiger partial charge is 0.418 e. The predicted octanol–water partition coefficient (Wildman–Crippen LogP) is 3.85.